The molecule has 1 N–H and O–H groups in total. The van der Waals surface area contributed by atoms with E-state index in [1.165, 1.54) is 18.2 Å². The third-order valence-electron chi connectivity index (χ3n) is 2.71. The first-order chi connectivity index (χ1) is 8.49. The molecule has 0 bridgehead atoms. The summed E-state index contributed by atoms with van der Waals surface area (Å²) in [5.74, 6) is -1.35. The second-order valence-corrected chi connectivity index (χ2v) is 4.81. The van der Waals surface area contributed by atoms with E-state index in [0.29, 0.717) is 15.6 Å². The summed E-state index contributed by atoms with van der Waals surface area (Å²) in [5, 5.41) is 9.06. The third-order valence-corrected chi connectivity index (χ3v) is 3.40. The molecule has 18 heavy (non-hydrogen) atoms. The summed E-state index contributed by atoms with van der Waals surface area (Å²) < 4.78 is 13.8. The van der Waals surface area contributed by atoms with Gasteiger partial charge in [-0.2, -0.15) is 0 Å². The molecular weight excluding hydrogens is 299 g/mol. The Morgan fingerprint density at radius 1 is 1.22 bits per heavy atom. The SMILES string of the molecule is Cc1ccc(F)cc1-c1ccc(Br)c(C(=O)O)c1. The van der Waals surface area contributed by atoms with Gasteiger partial charge in [0.15, 0.2) is 0 Å². The predicted octanol–water partition coefficient (Wildman–Crippen LogP) is 4.26. The second-order valence-electron chi connectivity index (χ2n) is 3.96. The Hall–Kier alpha value is -1.68. The molecule has 4 heteroatoms. The number of aromatic carboxylic acids is 1. The summed E-state index contributed by atoms with van der Waals surface area (Å²) in [6.07, 6.45) is 0. The van der Waals surface area contributed by atoms with Crippen molar-refractivity contribution >= 4 is 21.9 Å². The number of carbonyl (C=O) groups is 1. The lowest BCUT2D eigenvalue weighted by Gasteiger charge is -2.08. The zero-order chi connectivity index (χ0) is 13.3. The van der Waals surface area contributed by atoms with Gasteiger partial charge >= 0.3 is 5.97 Å². The molecular formula is C14H10BrFO2. The van der Waals surface area contributed by atoms with Crippen LogP contribution in [0.15, 0.2) is 40.9 Å². The fraction of sp³-hybridized carbons (Fsp3) is 0.0714. The highest BCUT2D eigenvalue weighted by atomic mass is 79.9. The van der Waals surface area contributed by atoms with Crippen molar-refractivity contribution in [1.29, 1.82) is 0 Å². The van der Waals surface area contributed by atoms with Gasteiger partial charge in [0.25, 0.3) is 0 Å². The van der Waals surface area contributed by atoms with Crippen LogP contribution < -0.4 is 0 Å². The van der Waals surface area contributed by atoms with E-state index >= 15 is 0 Å². The van der Waals surface area contributed by atoms with Crippen LogP contribution in [0.25, 0.3) is 11.1 Å². The lowest BCUT2D eigenvalue weighted by atomic mass is 9.99. The summed E-state index contributed by atoms with van der Waals surface area (Å²) in [6, 6.07) is 9.42. The molecule has 0 aromatic heterocycles. The van der Waals surface area contributed by atoms with Gasteiger partial charge in [0.1, 0.15) is 5.82 Å². The smallest absolute Gasteiger partial charge is 0.336 e. The molecule has 0 fully saturated rings. The third kappa shape index (κ3) is 2.43. The number of halogens is 2. The number of hydrogen-bond acceptors (Lipinski definition) is 1. The van der Waals surface area contributed by atoms with Crippen molar-refractivity contribution in [2.24, 2.45) is 0 Å². The lowest BCUT2D eigenvalue weighted by Crippen LogP contribution is -1.98. The normalized spacial score (nSPS) is 10.4. The zero-order valence-corrected chi connectivity index (χ0v) is 11.2. The molecule has 0 amide bonds. The van der Waals surface area contributed by atoms with Crippen LogP contribution in [0.1, 0.15) is 15.9 Å². The van der Waals surface area contributed by atoms with Gasteiger partial charge in [-0.05, 0) is 63.8 Å². The molecule has 0 heterocycles. The maximum Gasteiger partial charge on any atom is 0.336 e. The number of aryl methyl sites for hydroxylation is 1. The van der Waals surface area contributed by atoms with E-state index in [-0.39, 0.29) is 11.4 Å². The summed E-state index contributed by atoms with van der Waals surface area (Å²) >= 11 is 3.18. The van der Waals surface area contributed by atoms with Crippen LogP contribution in [-0.4, -0.2) is 11.1 Å². The molecule has 0 saturated carbocycles. The Morgan fingerprint density at radius 2 is 1.94 bits per heavy atom. The molecule has 0 aliphatic heterocycles. The standard InChI is InChI=1S/C14H10BrFO2/c1-8-2-4-10(16)7-11(8)9-3-5-13(15)12(6-9)14(17)18/h2-7H,1H3,(H,17,18). The zero-order valence-electron chi connectivity index (χ0n) is 9.58. The summed E-state index contributed by atoms with van der Waals surface area (Å²) in [7, 11) is 0. The largest absolute Gasteiger partial charge is 0.478 e. The molecule has 0 aliphatic carbocycles. The Bertz CT molecular complexity index is 623. The van der Waals surface area contributed by atoms with E-state index in [4.69, 9.17) is 5.11 Å². The van der Waals surface area contributed by atoms with Crippen molar-refractivity contribution in [2.45, 2.75) is 6.92 Å². The highest BCUT2D eigenvalue weighted by molar-refractivity contribution is 9.10. The average molecular weight is 309 g/mol. The van der Waals surface area contributed by atoms with Gasteiger partial charge in [0.05, 0.1) is 5.56 Å². The quantitative estimate of drug-likeness (QED) is 0.900. The van der Waals surface area contributed by atoms with E-state index in [9.17, 15) is 9.18 Å². The maximum absolute atomic E-state index is 13.2. The van der Waals surface area contributed by atoms with Crippen LogP contribution in [0.5, 0.6) is 0 Å². The highest BCUT2D eigenvalue weighted by Crippen LogP contribution is 2.28. The Morgan fingerprint density at radius 3 is 2.61 bits per heavy atom. The van der Waals surface area contributed by atoms with E-state index in [2.05, 4.69) is 15.9 Å². The molecule has 2 rings (SSSR count). The number of benzene rings is 2. The molecule has 2 nitrogen and oxygen atoms in total. The minimum Gasteiger partial charge on any atom is -0.478 e. The van der Waals surface area contributed by atoms with Crippen molar-refractivity contribution in [3.8, 4) is 11.1 Å². The first-order valence-corrected chi connectivity index (χ1v) is 6.07. The number of carboxylic acid groups (broad SMARTS) is 1. The van der Waals surface area contributed by atoms with Crippen molar-refractivity contribution in [1.82, 2.24) is 0 Å². The average Bonchev–Trinajstić information content (AvgIpc) is 2.33. The van der Waals surface area contributed by atoms with Gasteiger partial charge in [-0.3, -0.25) is 0 Å². The molecule has 2 aromatic carbocycles. The van der Waals surface area contributed by atoms with Crippen molar-refractivity contribution in [3.63, 3.8) is 0 Å². The van der Waals surface area contributed by atoms with Gasteiger partial charge in [-0.15, -0.1) is 0 Å². The Labute approximate surface area is 112 Å². The van der Waals surface area contributed by atoms with Crippen LogP contribution in [-0.2, 0) is 0 Å². The van der Waals surface area contributed by atoms with E-state index in [1.54, 1.807) is 18.2 Å². The first kappa shape index (κ1) is 12.8. The minimum atomic E-state index is -1.02. The predicted molar refractivity (Wildman–Crippen MR) is 71.2 cm³/mol. The van der Waals surface area contributed by atoms with E-state index in [0.717, 1.165) is 5.56 Å². The number of hydrogen-bond donors (Lipinski definition) is 1. The van der Waals surface area contributed by atoms with Crippen molar-refractivity contribution in [3.05, 3.63) is 57.8 Å². The highest BCUT2D eigenvalue weighted by Gasteiger charge is 2.11. The van der Waals surface area contributed by atoms with E-state index in [1.807, 2.05) is 6.92 Å². The molecule has 0 radical (unpaired) electrons. The molecule has 0 spiro atoms. The van der Waals surface area contributed by atoms with E-state index < -0.39 is 5.97 Å². The lowest BCUT2D eigenvalue weighted by molar-refractivity contribution is 0.0696. The maximum atomic E-state index is 13.2. The van der Waals surface area contributed by atoms with Crippen LogP contribution in [0, 0.1) is 12.7 Å². The van der Waals surface area contributed by atoms with Gasteiger partial charge in [-0.1, -0.05) is 12.1 Å². The molecule has 2 aromatic rings. The summed E-state index contributed by atoms with van der Waals surface area (Å²) in [5.41, 5.74) is 2.45. The van der Waals surface area contributed by atoms with Crippen LogP contribution in [0.3, 0.4) is 0 Å². The molecule has 0 unspecified atom stereocenters. The fourth-order valence-electron chi connectivity index (χ4n) is 1.76. The number of rotatable bonds is 2. The topological polar surface area (TPSA) is 37.3 Å². The monoisotopic (exact) mass is 308 g/mol. The summed E-state index contributed by atoms with van der Waals surface area (Å²) in [4.78, 5) is 11.1. The first-order valence-electron chi connectivity index (χ1n) is 5.28. The molecule has 0 atom stereocenters. The minimum absolute atomic E-state index is 0.163. The van der Waals surface area contributed by atoms with Crippen LogP contribution >= 0.6 is 15.9 Å². The molecule has 0 aliphatic rings. The van der Waals surface area contributed by atoms with Gasteiger partial charge in [-0.25, -0.2) is 9.18 Å². The van der Waals surface area contributed by atoms with Gasteiger partial charge in [0, 0.05) is 4.47 Å². The van der Waals surface area contributed by atoms with Crippen molar-refractivity contribution < 1.29 is 14.3 Å². The van der Waals surface area contributed by atoms with Gasteiger partial charge in [0.2, 0.25) is 0 Å². The van der Waals surface area contributed by atoms with Crippen LogP contribution in [0.4, 0.5) is 4.39 Å². The summed E-state index contributed by atoms with van der Waals surface area (Å²) in [6.45, 7) is 1.86. The molecule has 92 valence electrons. The Kier molecular flexibility index (Phi) is 3.48. The Balaban J connectivity index is 2.61. The second kappa shape index (κ2) is 4.90. The number of carboxylic acids is 1. The van der Waals surface area contributed by atoms with Gasteiger partial charge < -0.3 is 5.11 Å². The molecule has 0 saturated heterocycles. The fourth-order valence-corrected chi connectivity index (χ4v) is 2.18. The van der Waals surface area contributed by atoms with Crippen LogP contribution in [0.2, 0.25) is 0 Å². The van der Waals surface area contributed by atoms with Crippen molar-refractivity contribution in [2.75, 3.05) is 0 Å².